The minimum Gasteiger partial charge on any atom is -0.311 e. The molecule has 105 valence electrons. The van der Waals surface area contributed by atoms with Crippen LogP contribution in [-0.2, 0) is 13.6 Å². The summed E-state index contributed by atoms with van der Waals surface area (Å²) in [4.78, 5) is 2.13. The fourth-order valence-electron chi connectivity index (χ4n) is 1.65. The van der Waals surface area contributed by atoms with Crippen LogP contribution in [0.2, 0.25) is 0 Å². The molecule has 0 heterocycles. The lowest BCUT2D eigenvalue weighted by atomic mass is 10.2. The minimum absolute atomic E-state index is 0.841. The Morgan fingerprint density at radius 3 is 2.20 bits per heavy atom. The van der Waals surface area contributed by atoms with Crippen LogP contribution in [0.15, 0.2) is 64.4 Å². The Morgan fingerprint density at radius 1 is 0.950 bits per heavy atom. The molecule has 20 heavy (non-hydrogen) atoms. The Bertz CT molecular complexity index is 593. The maximum Gasteiger partial charge on any atom is 0.338 e. The molecule has 0 atom stereocenters. The highest BCUT2D eigenvalue weighted by Gasteiger charge is 2.23. The molecule has 1 radical (unpaired) electrons. The molecule has 0 aliphatic carbocycles. The van der Waals surface area contributed by atoms with Gasteiger partial charge in [-0.15, -0.1) is 0 Å². The Labute approximate surface area is 123 Å². The summed E-state index contributed by atoms with van der Waals surface area (Å²) in [5.74, 6) is 0. The third-order valence-corrected chi connectivity index (χ3v) is 5.41. The lowest BCUT2D eigenvalue weighted by Crippen LogP contribution is -1.93. The van der Waals surface area contributed by atoms with Crippen LogP contribution in [0.4, 0.5) is 0 Å². The predicted molar refractivity (Wildman–Crippen MR) is 82.0 cm³/mol. The van der Waals surface area contributed by atoms with Crippen molar-refractivity contribution in [3.05, 3.63) is 66.3 Å². The first-order valence-corrected chi connectivity index (χ1v) is 8.49. The Balaban J connectivity index is 2.25. The van der Waals surface area contributed by atoms with Gasteiger partial charge in [0, 0.05) is 24.0 Å². The van der Waals surface area contributed by atoms with Crippen LogP contribution in [0.3, 0.4) is 0 Å². The van der Waals surface area contributed by atoms with Crippen LogP contribution in [0, 0.1) is 6.16 Å². The van der Waals surface area contributed by atoms with Crippen molar-refractivity contribution < 1.29 is 13.6 Å². The van der Waals surface area contributed by atoms with Crippen molar-refractivity contribution in [3.63, 3.8) is 0 Å². The molecule has 2 rings (SSSR count). The summed E-state index contributed by atoms with van der Waals surface area (Å²) in [6.45, 7) is 0. The fraction of sp³-hybridized carbons (Fsp3) is 0.133. The topological polar surface area (TPSA) is 35.5 Å². The van der Waals surface area contributed by atoms with E-state index >= 15 is 0 Å². The van der Waals surface area contributed by atoms with Gasteiger partial charge in [-0.3, -0.25) is 4.57 Å². The van der Waals surface area contributed by atoms with Gasteiger partial charge in [0.15, 0.2) is 0 Å². The molecule has 0 aliphatic rings. The summed E-state index contributed by atoms with van der Waals surface area (Å²) >= 11 is 1.61. The van der Waals surface area contributed by atoms with Gasteiger partial charge in [0.05, 0.1) is 0 Å². The Morgan fingerprint density at radius 2 is 1.55 bits per heavy atom. The van der Waals surface area contributed by atoms with Crippen molar-refractivity contribution in [2.24, 2.45) is 0 Å². The van der Waals surface area contributed by atoms with Gasteiger partial charge in [-0.1, -0.05) is 48.2 Å². The first-order chi connectivity index (χ1) is 9.67. The summed E-state index contributed by atoms with van der Waals surface area (Å²) in [5.41, 5.74) is 0.841. The number of hydrogen-bond acceptors (Lipinski definition) is 4. The van der Waals surface area contributed by atoms with E-state index in [0.29, 0.717) is 0 Å². The fourth-order valence-corrected chi connectivity index (χ4v) is 3.60. The number of benzene rings is 2. The highest BCUT2D eigenvalue weighted by molar-refractivity contribution is 7.99. The van der Waals surface area contributed by atoms with E-state index in [1.807, 2.05) is 54.6 Å². The van der Waals surface area contributed by atoms with Gasteiger partial charge in [-0.2, -0.15) is 0 Å². The third-order valence-electron chi connectivity index (χ3n) is 2.70. The van der Waals surface area contributed by atoms with Gasteiger partial charge in [-0.05, 0) is 23.8 Å². The maximum absolute atomic E-state index is 12.2. The van der Waals surface area contributed by atoms with Crippen LogP contribution in [0.5, 0.6) is 0 Å². The molecule has 0 aromatic heterocycles. The smallest absolute Gasteiger partial charge is 0.311 e. The van der Waals surface area contributed by atoms with E-state index in [4.69, 9.17) is 9.05 Å². The zero-order chi connectivity index (χ0) is 14.4. The Hall–Kier alpha value is -1.06. The number of hydrogen-bond donors (Lipinski definition) is 0. The van der Waals surface area contributed by atoms with Gasteiger partial charge >= 0.3 is 7.60 Å². The minimum atomic E-state index is -3.17. The van der Waals surface area contributed by atoms with E-state index in [9.17, 15) is 4.57 Å². The molecule has 0 aliphatic heterocycles. The average molecular weight is 307 g/mol. The van der Waals surface area contributed by atoms with Gasteiger partial charge in [0.1, 0.15) is 6.16 Å². The monoisotopic (exact) mass is 307 g/mol. The second-order valence-corrected chi connectivity index (χ2v) is 7.17. The molecule has 2 aromatic carbocycles. The zero-order valence-corrected chi connectivity index (χ0v) is 13.1. The molecular weight excluding hydrogens is 291 g/mol. The highest BCUT2D eigenvalue weighted by atomic mass is 32.2. The SMILES string of the molecule is COP(=O)([CH]c1ccccc1Sc1ccccc1)OC. The largest absolute Gasteiger partial charge is 0.338 e. The van der Waals surface area contributed by atoms with E-state index in [1.165, 1.54) is 14.2 Å². The molecule has 0 saturated heterocycles. The quantitative estimate of drug-likeness (QED) is 0.716. The summed E-state index contributed by atoms with van der Waals surface area (Å²) in [5, 5.41) is 0. The molecule has 0 fully saturated rings. The zero-order valence-electron chi connectivity index (χ0n) is 11.4. The van der Waals surface area contributed by atoms with Gasteiger partial charge in [0.25, 0.3) is 0 Å². The van der Waals surface area contributed by atoms with Crippen molar-refractivity contribution in [2.75, 3.05) is 14.2 Å². The highest BCUT2D eigenvalue weighted by Crippen LogP contribution is 2.53. The summed E-state index contributed by atoms with van der Waals surface area (Å²) in [6.07, 6.45) is 1.55. The van der Waals surface area contributed by atoms with E-state index in [0.717, 1.165) is 15.4 Å². The van der Waals surface area contributed by atoms with Gasteiger partial charge < -0.3 is 9.05 Å². The normalized spacial score (nSPS) is 11.5. The van der Waals surface area contributed by atoms with Gasteiger partial charge in [0.2, 0.25) is 0 Å². The van der Waals surface area contributed by atoms with Crippen LogP contribution in [0.25, 0.3) is 0 Å². The molecule has 0 amide bonds. The molecule has 0 spiro atoms. The molecule has 2 aromatic rings. The van der Waals surface area contributed by atoms with Crippen molar-refractivity contribution in [1.82, 2.24) is 0 Å². The van der Waals surface area contributed by atoms with E-state index in [-0.39, 0.29) is 0 Å². The molecular formula is C15H16O3PS. The maximum atomic E-state index is 12.2. The summed E-state index contributed by atoms with van der Waals surface area (Å²) in [6, 6.07) is 17.8. The molecule has 0 N–H and O–H groups in total. The van der Waals surface area contributed by atoms with E-state index in [1.54, 1.807) is 17.9 Å². The lowest BCUT2D eigenvalue weighted by molar-refractivity contribution is 0.283. The molecule has 3 nitrogen and oxygen atoms in total. The first-order valence-electron chi connectivity index (χ1n) is 6.06. The van der Waals surface area contributed by atoms with E-state index < -0.39 is 7.60 Å². The second kappa shape index (κ2) is 7.09. The average Bonchev–Trinajstić information content (AvgIpc) is 2.50. The van der Waals surface area contributed by atoms with Crippen molar-refractivity contribution >= 4 is 19.4 Å². The summed E-state index contributed by atoms with van der Waals surface area (Å²) < 4.78 is 22.1. The van der Waals surface area contributed by atoms with E-state index in [2.05, 4.69) is 0 Å². The predicted octanol–water partition coefficient (Wildman–Crippen LogP) is 4.83. The molecule has 0 saturated carbocycles. The molecule has 0 bridgehead atoms. The standard InChI is InChI=1S/C15H16O3PS/c1-17-19(16,18-2)12-13-8-6-7-11-15(13)20-14-9-4-3-5-10-14/h3-12H,1-2H3. The Kier molecular flexibility index (Phi) is 5.44. The van der Waals surface area contributed by atoms with Gasteiger partial charge in [-0.25, -0.2) is 0 Å². The van der Waals surface area contributed by atoms with Crippen LogP contribution in [0.1, 0.15) is 5.56 Å². The van der Waals surface area contributed by atoms with Crippen molar-refractivity contribution in [1.29, 1.82) is 0 Å². The lowest BCUT2D eigenvalue weighted by Gasteiger charge is -2.15. The van der Waals surface area contributed by atoms with Crippen LogP contribution >= 0.6 is 19.4 Å². The van der Waals surface area contributed by atoms with Crippen molar-refractivity contribution in [2.45, 2.75) is 9.79 Å². The summed E-state index contributed by atoms with van der Waals surface area (Å²) in [7, 11) is -0.408. The van der Waals surface area contributed by atoms with Crippen molar-refractivity contribution in [3.8, 4) is 0 Å². The van der Waals surface area contributed by atoms with Crippen LogP contribution in [-0.4, -0.2) is 14.2 Å². The molecule has 5 heteroatoms. The number of rotatable bonds is 6. The third kappa shape index (κ3) is 3.97. The van der Waals surface area contributed by atoms with Crippen LogP contribution < -0.4 is 0 Å². The first kappa shape index (κ1) is 15.3. The molecule has 0 unspecified atom stereocenters. The second-order valence-electron chi connectivity index (χ2n) is 3.99.